The lowest BCUT2D eigenvalue weighted by Crippen LogP contribution is -1.97. The molecule has 2 heteroatoms. The first-order valence-corrected chi connectivity index (χ1v) is 4.58. The van der Waals surface area contributed by atoms with Crippen LogP contribution in [0, 0.1) is 0 Å². The Bertz CT molecular complexity index is 228. The lowest BCUT2D eigenvalue weighted by molar-refractivity contribution is 0.719. The molecular weight excluding hydrogens is 148 g/mol. The first-order chi connectivity index (χ1) is 5.77. The summed E-state index contributed by atoms with van der Waals surface area (Å²) in [6.07, 6.45) is 5.95. The van der Waals surface area contributed by atoms with Crippen LogP contribution in [-0.4, -0.2) is 9.97 Å². The van der Waals surface area contributed by atoms with E-state index in [-0.39, 0.29) is 0 Å². The lowest BCUT2D eigenvalue weighted by atomic mass is 10.0. The van der Waals surface area contributed by atoms with Crippen LogP contribution >= 0.6 is 0 Å². The number of aromatic nitrogens is 2. The molecule has 1 atom stereocenters. The molecule has 12 heavy (non-hydrogen) atoms. The van der Waals surface area contributed by atoms with Gasteiger partial charge in [-0.15, -0.1) is 0 Å². The molecule has 0 fully saturated rings. The van der Waals surface area contributed by atoms with Crippen molar-refractivity contribution in [2.24, 2.45) is 0 Å². The van der Waals surface area contributed by atoms with Gasteiger partial charge in [-0.05, 0) is 17.9 Å². The Hall–Kier alpha value is -0.920. The predicted molar refractivity (Wildman–Crippen MR) is 50.1 cm³/mol. The molecule has 2 nitrogen and oxygen atoms in total. The largest absolute Gasteiger partial charge is 0.241 e. The molecule has 66 valence electrons. The Labute approximate surface area is 74.1 Å². The number of aryl methyl sites for hydroxylation is 1. The van der Waals surface area contributed by atoms with Crippen molar-refractivity contribution in [3.05, 3.63) is 23.8 Å². The number of nitrogens with zero attached hydrogens (tertiary/aromatic N) is 2. The van der Waals surface area contributed by atoms with Gasteiger partial charge in [0.15, 0.2) is 0 Å². The van der Waals surface area contributed by atoms with E-state index in [1.165, 1.54) is 5.56 Å². The topological polar surface area (TPSA) is 25.8 Å². The Balaban J connectivity index is 2.77. The first-order valence-electron chi connectivity index (χ1n) is 4.58. The highest BCUT2D eigenvalue weighted by molar-refractivity contribution is 5.10. The summed E-state index contributed by atoms with van der Waals surface area (Å²) in [5.41, 5.74) is 1.25. The lowest BCUT2D eigenvalue weighted by Gasteiger charge is -2.07. The maximum atomic E-state index is 4.26. The first kappa shape index (κ1) is 9.17. The summed E-state index contributed by atoms with van der Waals surface area (Å²) in [7, 11) is 0. The van der Waals surface area contributed by atoms with E-state index in [0.717, 1.165) is 18.7 Å². The zero-order chi connectivity index (χ0) is 8.97. The molecule has 0 aromatic carbocycles. The molecule has 0 bridgehead atoms. The number of rotatable bonds is 3. The fraction of sp³-hybridized carbons (Fsp3) is 0.600. The van der Waals surface area contributed by atoms with E-state index in [2.05, 4.69) is 30.7 Å². The standard InChI is InChI=1S/C10H16N2/c1-4-8(3)9-6-11-10(5-2)12-7-9/h6-8H,4-5H2,1-3H3. The van der Waals surface area contributed by atoms with E-state index in [4.69, 9.17) is 0 Å². The Morgan fingerprint density at radius 3 is 2.25 bits per heavy atom. The van der Waals surface area contributed by atoms with Crippen molar-refractivity contribution in [3.8, 4) is 0 Å². The molecule has 1 aromatic rings. The molecule has 1 heterocycles. The van der Waals surface area contributed by atoms with Gasteiger partial charge < -0.3 is 0 Å². The maximum absolute atomic E-state index is 4.26. The van der Waals surface area contributed by atoms with E-state index in [0.29, 0.717) is 5.92 Å². The second kappa shape index (κ2) is 4.19. The third-order valence-electron chi connectivity index (χ3n) is 2.22. The van der Waals surface area contributed by atoms with E-state index in [1.807, 2.05) is 12.4 Å². The van der Waals surface area contributed by atoms with Gasteiger partial charge in [0.2, 0.25) is 0 Å². The fourth-order valence-electron chi connectivity index (χ4n) is 1.04. The van der Waals surface area contributed by atoms with E-state index in [9.17, 15) is 0 Å². The van der Waals surface area contributed by atoms with Gasteiger partial charge in [0.25, 0.3) is 0 Å². The summed E-state index contributed by atoms with van der Waals surface area (Å²) in [5, 5.41) is 0. The molecule has 0 radical (unpaired) electrons. The van der Waals surface area contributed by atoms with Crippen molar-refractivity contribution in [1.29, 1.82) is 0 Å². The minimum absolute atomic E-state index is 0.580. The van der Waals surface area contributed by atoms with Gasteiger partial charge in [-0.3, -0.25) is 0 Å². The van der Waals surface area contributed by atoms with Crippen LogP contribution in [0.2, 0.25) is 0 Å². The zero-order valence-electron chi connectivity index (χ0n) is 8.04. The minimum atomic E-state index is 0.580. The predicted octanol–water partition coefficient (Wildman–Crippen LogP) is 2.55. The van der Waals surface area contributed by atoms with Crippen molar-refractivity contribution in [1.82, 2.24) is 9.97 Å². The van der Waals surface area contributed by atoms with Crippen LogP contribution in [0.1, 0.15) is 44.5 Å². The number of hydrogen-bond donors (Lipinski definition) is 0. The van der Waals surface area contributed by atoms with Gasteiger partial charge in [0.05, 0.1) is 0 Å². The molecule has 0 N–H and O–H groups in total. The molecule has 0 saturated carbocycles. The molecule has 0 amide bonds. The highest BCUT2D eigenvalue weighted by Crippen LogP contribution is 2.15. The molecule has 1 unspecified atom stereocenters. The van der Waals surface area contributed by atoms with Crippen LogP contribution in [0.15, 0.2) is 12.4 Å². The summed E-state index contributed by atoms with van der Waals surface area (Å²) in [5.74, 6) is 1.51. The minimum Gasteiger partial charge on any atom is -0.241 e. The van der Waals surface area contributed by atoms with Crippen LogP contribution < -0.4 is 0 Å². The molecule has 1 rings (SSSR count). The summed E-state index contributed by atoms with van der Waals surface area (Å²) < 4.78 is 0. The van der Waals surface area contributed by atoms with Crippen LogP contribution in [-0.2, 0) is 6.42 Å². The van der Waals surface area contributed by atoms with Gasteiger partial charge in [-0.2, -0.15) is 0 Å². The van der Waals surface area contributed by atoms with Crippen LogP contribution in [0.4, 0.5) is 0 Å². The summed E-state index contributed by atoms with van der Waals surface area (Å²) >= 11 is 0. The smallest absolute Gasteiger partial charge is 0.127 e. The monoisotopic (exact) mass is 164 g/mol. The van der Waals surface area contributed by atoms with Crippen molar-refractivity contribution in [3.63, 3.8) is 0 Å². The normalized spacial score (nSPS) is 12.9. The fourth-order valence-corrected chi connectivity index (χ4v) is 1.04. The van der Waals surface area contributed by atoms with Crippen molar-refractivity contribution < 1.29 is 0 Å². The maximum Gasteiger partial charge on any atom is 0.127 e. The van der Waals surface area contributed by atoms with Crippen LogP contribution in [0.25, 0.3) is 0 Å². The average Bonchev–Trinajstić information content (AvgIpc) is 2.17. The second-order valence-corrected chi connectivity index (χ2v) is 3.10. The summed E-state index contributed by atoms with van der Waals surface area (Å²) in [4.78, 5) is 8.51. The Kier molecular flexibility index (Phi) is 3.20. The van der Waals surface area contributed by atoms with E-state index < -0.39 is 0 Å². The Morgan fingerprint density at radius 2 is 1.83 bits per heavy atom. The molecular formula is C10H16N2. The van der Waals surface area contributed by atoms with Crippen LogP contribution in [0.5, 0.6) is 0 Å². The van der Waals surface area contributed by atoms with Gasteiger partial charge in [-0.25, -0.2) is 9.97 Å². The third-order valence-corrected chi connectivity index (χ3v) is 2.22. The van der Waals surface area contributed by atoms with Gasteiger partial charge in [0, 0.05) is 18.8 Å². The summed E-state index contributed by atoms with van der Waals surface area (Å²) in [6, 6.07) is 0. The van der Waals surface area contributed by atoms with Crippen LogP contribution in [0.3, 0.4) is 0 Å². The van der Waals surface area contributed by atoms with Crippen molar-refractivity contribution in [2.45, 2.75) is 39.5 Å². The highest BCUT2D eigenvalue weighted by Gasteiger charge is 2.02. The third kappa shape index (κ3) is 2.03. The highest BCUT2D eigenvalue weighted by atomic mass is 14.9. The van der Waals surface area contributed by atoms with Gasteiger partial charge >= 0.3 is 0 Å². The molecule has 0 aliphatic rings. The quantitative estimate of drug-likeness (QED) is 0.686. The van der Waals surface area contributed by atoms with Crippen molar-refractivity contribution >= 4 is 0 Å². The number of hydrogen-bond acceptors (Lipinski definition) is 2. The van der Waals surface area contributed by atoms with Gasteiger partial charge in [0.1, 0.15) is 5.82 Å². The molecule has 0 aliphatic carbocycles. The summed E-state index contributed by atoms with van der Waals surface area (Å²) in [6.45, 7) is 6.45. The zero-order valence-corrected chi connectivity index (χ0v) is 8.04. The SMILES string of the molecule is CCc1ncc(C(C)CC)cn1. The van der Waals surface area contributed by atoms with Crippen molar-refractivity contribution in [2.75, 3.05) is 0 Å². The molecule has 0 saturated heterocycles. The molecule has 0 aliphatic heterocycles. The molecule has 1 aromatic heterocycles. The van der Waals surface area contributed by atoms with E-state index in [1.54, 1.807) is 0 Å². The Morgan fingerprint density at radius 1 is 1.25 bits per heavy atom. The molecule has 0 spiro atoms. The van der Waals surface area contributed by atoms with E-state index >= 15 is 0 Å². The van der Waals surface area contributed by atoms with Gasteiger partial charge in [-0.1, -0.05) is 20.8 Å². The average molecular weight is 164 g/mol. The second-order valence-electron chi connectivity index (χ2n) is 3.10.